The average Bonchev–Trinajstić information content (AvgIpc) is 2.43. The van der Waals surface area contributed by atoms with E-state index in [0.717, 1.165) is 6.42 Å². The molecule has 0 radical (unpaired) electrons. The van der Waals surface area contributed by atoms with Gasteiger partial charge in [-0.15, -0.1) is 0 Å². The standard InChI is InChI=1S/C12H22N4O3S/c1-12(2,5-7-19-3)9-15-20(17,18)11-8-14-6-4-10(11)16-13/h4,6,8,15H,5,7,9,13H2,1-3H3,(H,14,16). The fourth-order valence-corrected chi connectivity index (χ4v) is 2.90. The minimum atomic E-state index is -3.66. The summed E-state index contributed by atoms with van der Waals surface area (Å²) in [5, 5.41) is 0. The molecule has 0 unspecified atom stereocenters. The third kappa shape index (κ3) is 4.71. The molecule has 0 aliphatic rings. The minimum absolute atomic E-state index is 0.0324. The minimum Gasteiger partial charge on any atom is -0.385 e. The van der Waals surface area contributed by atoms with Gasteiger partial charge in [0.15, 0.2) is 0 Å². The summed E-state index contributed by atoms with van der Waals surface area (Å²) in [7, 11) is -2.04. The van der Waals surface area contributed by atoms with Crippen molar-refractivity contribution in [2.45, 2.75) is 25.2 Å². The highest BCUT2D eigenvalue weighted by atomic mass is 32.2. The summed E-state index contributed by atoms with van der Waals surface area (Å²) in [4.78, 5) is 3.85. The lowest BCUT2D eigenvalue weighted by Crippen LogP contribution is -2.35. The smallest absolute Gasteiger partial charge is 0.244 e. The third-order valence-corrected chi connectivity index (χ3v) is 4.38. The van der Waals surface area contributed by atoms with Crippen LogP contribution in [0.15, 0.2) is 23.4 Å². The van der Waals surface area contributed by atoms with E-state index in [2.05, 4.69) is 15.1 Å². The molecule has 20 heavy (non-hydrogen) atoms. The number of anilines is 1. The molecule has 1 rings (SSSR count). The number of nitrogens with zero attached hydrogens (tertiary/aromatic N) is 1. The van der Waals surface area contributed by atoms with E-state index in [1.165, 1.54) is 18.5 Å². The number of aromatic nitrogens is 1. The lowest BCUT2D eigenvalue weighted by atomic mass is 9.90. The number of ether oxygens (including phenoxy) is 1. The molecule has 0 amide bonds. The number of hydrazine groups is 1. The number of rotatable bonds is 8. The topological polar surface area (TPSA) is 106 Å². The molecule has 0 aliphatic carbocycles. The molecule has 0 saturated heterocycles. The molecular weight excluding hydrogens is 280 g/mol. The van der Waals surface area contributed by atoms with E-state index in [9.17, 15) is 8.42 Å². The summed E-state index contributed by atoms with van der Waals surface area (Å²) in [6.07, 6.45) is 3.48. The average molecular weight is 302 g/mol. The SMILES string of the molecule is COCCC(C)(C)CNS(=O)(=O)c1cnccc1NN. The van der Waals surface area contributed by atoms with Crippen LogP contribution in [0.3, 0.4) is 0 Å². The second-order valence-electron chi connectivity index (χ2n) is 5.25. The Balaban J connectivity index is 2.80. The molecule has 114 valence electrons. The molecular formula is C12H22N4O3S. The van der Waals surface area contributed by atoms with Gasteiger partial charge in [-0.3, -0.25) is 10.8 Å². The first-order valence-corrected chi connectivity index (χ1v) is 7.70. The highest BCUT2D eigenvalue weighted by Crippen LogP contribution is 2.22. The summed E-state index contributed by atoms with van der Waals surface area (Å²) in [5.41, 5.74) is 2.45. The largest absolute Gasteiger partial charge is 0.385 e. The zero-order chi connectivity index (χ0) is 15.2. The number of nitrogens with one attached hydrogen (secondary N) is 2. The van der Waals surface area contributed by atoms with Gasteiger partial charge < -0.3 is 10.2 Å². The molecule has 1 aromatic heterocycles. The molecule has 7 nitrogen and oxygen atoms in total. The van der Waals surface area contributed by atoms with Crippen molar-refractivity contribution in [2.24, 2.45) is 11.3 Å². The van der Waals surface area contributed by atoms with Gasteiger partial charge >= 0.3 is 0 Å². The van der Waals surface area contributed by atoms with E-state index < -0.39 is 10.0 Å². The van der Waals surface area contributed by atoms with Crippen molar-refractivity contribution in [3.63, 3.8) is 0 Å². The highest BCUT2D eigenvalue weighted by molar-refractivity contribution is 7.89. The van der Waals surface area contributed by atoms with Crippen LogP contribution in [0.4, 0.5) is 5.69 Å². The van der Waals surface area contributed by atoms with E-state index in [1.54, 1.807) is 7.11 Å². The van der Waals surface area contributed by atoms with Crippen molar-refractivity contribution >= 4 is 15.7 Å². The maximum atomic E-state index is 12.3. The Morgan fingerprint density at radius 1 is 1.45 bits per heavy atom. The number of hydrogen-bond acceptors (Lipinski definition) is 6. The lowest BCUT2D eigenvalue weighted by molar-refractivity contribution is 0.153. The highest BCUT2D eigenvalue weighted by Gasteiger charge is 2.24. The van der Waals surface area contributed by atoms with E-state index >= 15 is 0 Å². The van der Waals surface area contributed by atoms with Gasteiger partial charge in [-0.2, -0.15) is 0 Å². The molecule has 0 fully saturated rings. The molecule has 0 bridgehead atoms. The van der Waals surface area contributed by atoms with Crippen molar-refractivity contribution in [2.75, 3.05) is 25.7 Å². The van der Waals surface area contributed by atoms with Crippen molar-refractivity contribution in [1.29, 1.82) is 0 Å². The number of pyridine rings is 1. The Labute approximate surface area is 119 Å². The molecule has 8 heteroatoms. The van der Waals surface area contributed by atoms with Gasteiger partial charge in [0.2, 0.25) is 10.0 Å². The zero-order valence-corrected chi connectivity index (χ0v) is 12.8. The summed E-state index contributed by atoms with van der Waals surface area (Å²) in [6.45, 7) is 4.83. The summed E-state index contributed by atoms with van der Waals surface area (Å²) >= 11 is 0. The van der Waals surface area contributed by atoms with Crippen LogP contribution in [-0.2, 0) is 14.8 Å². The monoisotopic (exact) mass is 302 g/mol. The Hall–Kier alpha value is -1.22. The zero-order valence-electron chi connectivity index (χ0n) is 12.0. The fourth-order valence-electron chi connectivity index (χ4n) is 1.55. The summed E-state index contributed by atoms with van der Waals surface area (Å²) in [5.74, 6) is 5.31. The van der Waals surface area contributed by atoms with E-state index in [1.807, 2.05) is 13.8 Å². The lowest BCUT2D eigenvalue weighted by Gasteiger charge is -2.24. The Kier molecular flexibility index (Phi) is 5.88. The van der Waals surface area contributed by atoms with Crippen LogP contribution in [0.2, 0.25) is 0 Å². The molecule has 0 aliphatic heterocycles. The second kappa shape index (κ2) is 6.98. The molecule has 4 N–H and O–H groups in total. The summed E-state index contributed by atoms with van der Waals surface area (Å²) in [6, 6.07) is 1.50. The number of nitrogens with two attached hydrogens (primary N) is 1. The molecule has 1 aromatic rings. The first kappa shape index (κ1) is 16.8. The van der Waals surface area contributed by atoms with Gasteiger partial charge in [0.1, 0.15) is 4.90 Å². The Morgan fingerprint density at radius 2 is 2.15 bits per heavy atom. The van der Waals surface area contributed by atoms with Crippen molar-refractivity contribution in [3.05, 3.63) is 18.5 Å². The number of methoxy groups -OCH3 is 1. The normalized spacial score (nSPS) is 12.4. The maximum Gasteiger partial charge on any atom is 0.244 e. The molecule has 0 saturated carbocycles. The molecule has 0 aromatic carbocycles. The van der Waals surface area contributed by atoms with Gasteiger partial charge in [-0.1, -0.05) is 13.8 Å². The maximum absolute atomic E-state index is 12.3. The van der Waals surface area contributed by atoms with Gasteiger partial charge in [0.05, 0.1) is 5.69 Å². The number of sulfonamides is 1. The number of nitrogen functional groups attached to an aromatic ring is 1. The predicted octanol–water partition coefficient (Wildman–Crippen LogP) is 0.708. The van der Waals surface area contributed by atoms with Gasteiger partial charge in [0, 0.05) is 32.7 Å². The predicted molar refractivity (Wildman–Crippen MR) is 77.5 cm³/mol. The van der Waals surface area contributed by atoms with Crippen molar-refractivity contribution < 1.29 is 13.2 Å². The first-order chi connectivity index (χ1) is 9.32. The van der Waals surface area contributed by atoms with Gasteiger partial charge in [0.25, 0.3) is 0 Å². The second-order valence-corrected chi connectivity index (χ2v) is 6.98. The fraction of sp³-hybridized carbons (Fsp3) is 0.583. The van der Waals surface area contributed by atoms with Gasteiger partial charge in [-0.25, -0.2) is 13.1 Å². The van der Waals surface area contributed by atoms with Crippen LogP contribution in [0.1, 0.15) is 20.3 Å². The van der Waals surface area contributed by atoms with Crippen LogP contribution < -0.4 is 16.0 Å². The molecule has 1 heterocycles. The summed E-state index contributed by atoms with van der Waals surface area (Å²) < 4.78 is 32.1. The van der Waals surface area contributed by atoms with Crippen LogP contribution >= 0.6 is 0 Å². The molecule has 0 spiro atoms. The molecule has 0 atom stereocenters. The van der Waals surface area contributed by atoms with Crippen molar-refractivity contribution in [3.8, 4) is 0 Å². The first-order valence-electron chi connectivity index (χ1n) is 6.21. The Morgan fingerprint density at radius 3 is 2.75 bits per heavy atom. The van der Waals surface area contributed by atoms with E-state index in [4.69, 9.17) is 10.6 Å². The van der Waals surface area contributed by atoms with Crippen LogP contribution in [0.25, 0.3) is 0 Å². The Bertz CT molecular complexity index is 531. The van der Waals surface area contributed by atoms with Crippen LogP contribution in [0, 0.1) is 5.41 Å². The van der Waals surface area contributed by atoms with Crippen molar-refractivity contribution in [1.82, 2.24) is 9.71 Å². The quantitative estimate of drug-likeness (QED) is 0.482. The van der Waals surface area contributed by atoms with Crippen LogP contribution in [0.5, 0.6) is 0 Å². The number of hydrogen-bond donors (Lipinski definition) is 3. The van der Waals surface area contributed by atoms with E-state index in [0.29, 0.717) is 18.8 Å². The van der Waals surface area contributed by atoms with Gasteiger partial charge in [-0.05, 0) is 17.9 Å². The third-order valence-electron chi connectivity index (χ3n) is 2.95. The van der Waals surface area contributed by atoms with E-state index in [-0.39, 0.29) is 10.3 Å². The van der Waals surface area contributed by atoms with Crippen LogP contribution in [-0.4, -0.2) is 33.7 Å².